The Kier molecular flexibility index (Phi) is 5.01. The largest absolute Gasteiger partial charge is 0.376 e. The lowest BCUT2D eigenvalue weighted by Gasteiger charge is -2.19. The van der Waals surface area contributed by atoms with Crippen molar-refractivity contribution in [3.63, 3.8) is 0 Å². The highest BCUT2D eigenvalue weighted by atomic mass is 32.2. The molecule has 1 N–H and O–H groups in total. The van der Waals surface area contributed by atoms with Gasteiger partial charge in [-0.1, -0.05) is 23.4 Å². The number of nitrogens with zero attached hydrogens (tertiary/aromatic N) is 4. The summed E-state index contributed by atoms with van der Waals surface area (Å²) >= 11 is 0. The van der Waals surface area contributed by atoms with Gasteiger partial charge in [0, 0.05) is 0 Å². The summed E-state index contributed by atoms with van der Waals surface area (Å²) in [6.07, 6.45) is 3.38. The Morgan fingerprint density at radius 3 is 2.37 bits per heavy atom. The smallest absolute Gasteiger partial charge is 0.200 e. The number of hydrogen-bond donors (Lipinski definition) is 1. The van der Waals surface area contributed by atoms with Crippen molar-refractivity contribution >= 4 is 15.5 Å². The van der Waals surface area contributed by atoms with Crippen LogP contribution >= 0.6 is 0 Å². The third-order valence-corrected chi connectivity index (χ3v) is 6.58. The van der Waals surface area contributed by atoms with Crippen LogP contribution in [0.2, 0.25) is 0 Å². The minimum absolute atomic E-state index is 0.0724. The lowest BCUT2D eigenvalue weighted by Crippen LogP contribution is -2.28. The van der Waals surface area contributed by atoms with Crippen LogP contribution in [0.15, 0.2) is 59.9 Å². The molecule has 2 aromatic heterocycles. The fourth-order valence-corrected chi connectivity index (χ4v) is 3.51. The molecule has 0 amide bonds. The average Bonchev–Trinajstić information content (AvgIpc) is 3.12. The zero-order chi connectivity index (χ0) is 19.7. The van der Waals surface area contributed by atoms with E-state index in [2.05, 4.69) is 20.6 Å². The topological polar surface area (TPSA) is 89.8 Å². The maximum absolute atomic E-state index is 12.4. The van der Waals surface area contributed by atoms with Crippen molar-refractivity contribution in [1.29, 1.82) is 0 Å². The first-order valence-electron chi connectivity index (χ1n) is 8.63. The van der Waals surface area contributed by atoms with E-state index < -0.39 is 14.6 Å². The second kappa shape index (κ2) is 7.11. The van der Waals surface area contributed by atoms with Crippen molar-refractivity contribution in [2.45, 2.75) is 43.5 Å². The molecule has 2 heterocycles. The van der Waals surface area contributed by atoms with Crippen LogP contribution in [0.4, 0.5) is 5.69 Å². The zero-order valence-corrected chi connectivity index (χ0v) is 16.6. The Morgan fingerprint density at radius 2 is 1.78 bits per heavy atom. The van der Waals surface area contributed by atoms with E-state index in [1.165, 1.54) is 12.3 Å². The van der Waals surface area contributed by atoms with Crippen molar-refractivity contribution in [1.82, 2.24) is 20.0 Å². The van der Waals surface area contributed by atoms with Gasteiger partial charge in [-0.2, -0.15) is 0 Å². The van der Waals surface area contributed by atoms with E-state index in [1.807, 2.05) is 43.5 Å². The third kappa shape index (κ3) is 4.00. The minimum Gasteiger partial charge on any atom is -0.376 e. The highest BCUT2D eigenvalue weighted by molar-refractivity contribution is 7.92. The maximum Gasteiger partial charge on any atom is 0.200 e. The van der Waals surface area contributed by atoms with Crippen LogP contribution in [0.1, 0.15) is 39.4 Å². The first-order valence-corrected chi connectivity index (χ1v) is 10.1. The Labute approximate surface area is 159 Å². The van der Waals surface area contributed by atoms with Gasteiger partial charge in [-0.25, -0.2) is 18.1 Å². The van der Waals surface area contributed by atoms with Crippen LogP contribution in [-0.4, -0.2) is 33.1 Å². The molecule has 0 spiro atoms. The van der Waals surface area contributed by atoms with Crippen LogP contribution in [0.3, 0.4) is 0 Å². The monoisotopic (exact) mass is 385 g/mol. The fourth-order valence-electron chi connectivity index (χ4n) is 2.44. The Bertz CT molecular complexity index is 1010. The highest BCUT2D eigenvalue weighted by Crippen LogP contribution is 2.25. The van der Waals surface area contributed by atoms with Gasteiger partial charge >= 0.3 is 0 Å². The van der Waals surface area contributed by atoms with Crippen molar-refractivity contribution < 1.29 is 8.42 Å². The molecule has 0 saturated heterocycles. The van der Waals surface area contributed by atoms with Gasteiger partial charge in [0.05, 0.1) is 34.6 Å². The molecule has 0 radical (unpaired) electrons. The number of nitrogens with one attached hydrogen (secondary N) is 1. The van der Waals surface area contributed by atoms with Gasteiger partial charge in [-0.15, -0.1) is 5.10 Å². The number of sulfone groups is 1. The fraction of sp³-hybridized carbons (Fsp3) is 0.316. The van der Waals surface area contributed by atoms with Crippen molar-refractivity contribution in [3.05, 3.63) is 60.6 Å². The molecule has 3 rings (SSSR count). The van der Waals surface area contributed by atoms with Gasteiger partial charge in [0.25, 0.3) is 0 Å². The molecule has 0 aliphatic rings. The highest BCUT2D eigenvalue weighted by Gasteiger charge is 2.31. The second-order valence-corrected chi connectivity index (χ2v) is 9.94. The van der Waals surface area contributed by atoms with E-state index in [-0.39, 0.29) is 11.1 Å². The van der Waals surface area contributed by atoms with Crippen LogP contribution < -0.4 is 5.32 Å². The van der Waals surface area contributed by atoms with E-state index in [0.717, 1.165) is 11.4 Å². The summed E-state index contributed by atoms with van der Waals surface area (Å²) in [5.74, 6) is 0. The van der Waals surface area contributed by atoms with Gasteiger partial charge in [0.2, 0.25) is 0 Å². The number of benzene rings is 1. The Hall–Kier alpha value is -2.74. The molecule has 142 valence electrons. The standard InChI is InChI=1S/C19H23N5O2S/c1-14(17-13-24(23-22-17)16-8-6-5-7-9-16)21-15-10-11-18(20-12-15)27(25,26)19(2,3)4/h5-14,21H,1-4H3. The predicted octanol–water partition coefficient (Wildman–Crippen LogP) is 3.41. The zero-order valence-electron chi connectivity index (χ0n) is 15.8. The Balaban J connectivity index is 1.74. The first kappa shape index (κ1) is 19.0. The molecular weight excluding hydrogens is 362 g/mol. The lowest BCUT2D eigenvalue weighted by atomic mass is 10.2. The average molecular weight is 385 g/mol. The van der Waals surface area contributed by atoms with E-state index in [9.17, 15) is 8.42 Å². The van der Waals surface area contributed by atoms with E-state index in [0.29, 0.717) is 5.69 Å². The first-order chi connectivity index (χ1) is 12.7. The summed E-state index contributed by atoms with van der Waals surface area (Å²) in [5, 5.41) is 11.7. The molecule has 3 aromatic rings. The number of pyridine rings is 1. The number of para-hydroxylation sites is 1. The summed E-state index contributed by atoms with van der Waals surface area (Å²) in [6, 6.07) is 12.9. The van der Waals surface area contributed by atoms with Crippen LogP contribution in [0.5, 0.6) is 0 Å². The van der Waals surface area contributed by atoms with Gasteiger partial charge < -0.3 is 5.32 Å². The Morgan fingerprint density at radius 1 is 1.07 bits per heavy atom. The molecule has 1 atom stereocenters. The summed E-state index contributed by atoms with van der Waals surface area (Å²) in [6.45, 7) is 6.94. The number of anilines is 1. The number of aromatic nitrogens is 4. The summed E-state index contributed by atoms with van der Waals surface area (Å²) in [5.41, 5.74) is 2.41. The van der Waals surface area contributed by atoms with E-state index >= 15 is 0 Å². The molecule has 7 nitrogen and oxygen atoms in total. The SMILES string of the molecule is CC(Nc1ccc(S(=O)(=O)C(C)(C)C)nc1)c1cn(-c2ccccc2)nn1. The summed E-state index contributed by atoms with van der Waals surface area (Å²) in [4.78, 5) is 4.12. The second-order valence-electron chi connectivity index (χ2n) is 7.29. The number of rotatable bonds is 5. The van der Waals surface area contributed by atoms with Crippen LogP contribution in [0, 0.1) is 0 Å². The predicted molar refractivity (Wildman–Crippen MR) is 105 cm³/mol. The molecule has 0 aliphatic carbocycles. The molecule has 1 aromatic carbocycles. The van der Waals surface area contributed by atoms with Crippen molar-refractivity contribution in [3.8, 4) is 5.69 Å². The molecule has 1 unspecified atom stereocenters. The maximum atomic E-state index is 12.4. The molecule has 0 fully saturated rings. The number of hydrogen-bond acceptors (Lipinski definition) is 6. The molecule has 0 saturated carbocycles. The van der Waals surface area contributed by atoms with E-state index in [4.69, 9.17) is 0 Å². The molecule has 27 heavy (non-hydrogen) atoms. The summed E-state index contributed by atoms with van der Waals surface area (Å²) in [7, 11) is -3.47. The van der Waals surface area contributed by atoms with Crippen LogP contribution in [0.25, 0.3) is 5.69 Å². The molecular formula is C19H23N5O2S. The van der Waals surface area contributed by atoms with Crippen LogP contribution in [-0.2, 0) is 9.84 Å². The molecule has 0 bridgehead atoms. The molecule has 8 heteroatoms. The van der Waals surface area contributed by atoms with Crippen molar-refractivity contribution in [2.75, 3.05) is 5.32 Å². The van der Waals surface area contributed by atoms with Gasteiger partial charge in [-0.05, 0) is 52.0 Å². The van der Waals surface area contributed by atoms with Gasteiger partial charge in [-0.3, -0.25) is 0 Å². The van der Waals surface area contributed by atoms with Gasteiger partial charge in [0.1, 0.15) is 5.69 Å². The minimum atomic E-state index is -3.47. The lowest BCUT2D eigenvalue weighted by molar-refractivity contribution is 0.556. The quantitative estimate of drug-likeness (QED) is 0.724. The normalized spacial score (nSPS) is 13.3. The summed E-state index contributed by atoms with van der Waals surface area (Å²) < 4.78 is 25.7. The van der Waals surface area contributed by atoms with Gasteiger partial charge in [0.15, 0.2) is 14.9 Å². The van der Waals surface area contributed by atoms with E-state index in [1.54, 1.807) is 31.5 Å². The molecule has 0 aliphatic heterocycles. The third-order valence-electron chi connectivity index (χ3n) is 4.18. The van der Waals surface area contributed by atoms with Crippen molar-refractivity contribution in [2.24, 2.45) is 0 Å².